The Kier molecular flexibility index (Phi) is 3.60. The number of nitrogens with zero attached hydrogens (tertiary/aromatic N) is 1. The minimum Gasteiger partial charge on any atom is -0.392 e. The summed E-state index contributed by atoms with van der Waals surface area (Å²) in [5.41, 5.74) is 5.26. The van der Waals surface area contributed by atoms with Crippen LogP contribution >= 0.6 is 11.6 Å². The van der Waals surface area contributed by atoms with Crippen LogP contribution in [0.3, 0.4) is 0 Å². The largest absolute Gasteiger partial charge is 0.392 e. The molecule has 3 N–H and O–H groups in total. The van der Waals surface area contributed by atoms with Crippen LogP contribution in [0.25, 0.3) is 0 Å². The smallest absolute Gasteiger partial charge is 0.264 e. The lowest BCUT2D eigenvalue weighted by atomic mass is 10.1. The van der Waals surface area contributed by atoms with Crippen molar-refractivity contribution in [3.05, 3.63) is 22.9 Å². The molecule has 1 heterocycles. The van der Waals surface area contributed by atoms with Crippen molar-refractivity contribution in [3.63, 3.8) is 0 Å². The zero-order chi connectivity index (χ0) is 10.7. The van der Waals surface area contributed by atoms with Gasteiger partial charge in [0.2, 0.25) is 0 Å². The number of nitrogen functional groups attached to an aromatic ring is 1. The molecule has 0 aromatic carbocycles. The molecule has 6 heteroatoms. The molecular formula is C8H9ClF2N2O. The van der Waals surface area contributed by atoms with Crippen molar-refractivity contribution in [2.75, 3.05) is 5.73 Å². The fraction of sp³-hybridized carbons (Fsp3) is 0.375. The van der Waals surface area contributed by atoms with Gasteiger partial charge in [-0.1, -0.05) is 0 Å². The van der Waals surface area contributed by atoms with E-state index in [1.807, 2.05) is 0 Å². The van der Waals surface area contributed by atoms with E-state index in [2.05, 4.69) is 4.98 Å². The molecule has 78 valence electrons. The predicted molar refractivity (Wildman–Crippen MR) is 49.1 cm³/mol. The maximum Gasteiger partial charge on any atom is 0.264 e. The third-order valence-electron chi connectivity index (χ3n) is 1.78. The number of nitrogens with two attached hydrogens (primary N) is 1. The van der Waals surface area contributed by atoms with Gasteiger partial charge in [0.1, 0.15) is 5.82 Å². The lowest BCUT2D eigenvalue weighted by Crippen LogP contribution is -2.05. The predicted octanol–water partition coefficient (Wildman–Crippen LogP) is 1.83. The van der Waals surface area contributed by atoms with Gasteiger partial charge in [-0.05, 0) is 6.07 Å². The Morgan fingerprint density at radius 2 is 2.21 bits per heavy atom. The molecule has 0 bridgehead atoms. The Bertz CT molecular complexity index is 333. The number of aliphatic hydroxyl groups is 1. The fourth-order valence-corrected chi connectivity index (χ4v) is 1.38. The van der Waals surface area contributed by atoms with Crippen molar-refractivity contribution in [2.45, 2.75) is 18.9 Å². The molecule has 14 heavy (non-hydrogen) atoms. The van der Waals surface area contributed by atoms with Gasteiger partial charge in [-0.25, -0.2) is 13.8 Å². The number of pyridine rings is 1. The number of alkyl halides is 3. The van der Waals surface area contributed by atoms with Crippen LogP contribution in [0, 0.1) is 0 Å². The molecule has 0 saturated carbocycles. The Morgan fingerprint density at radius 1 is 1.57 bits per heavy atom. The molecule has 0 saturated heterocycles. The van der Waals surface area contributed by atoms with Crippen molar-refractivity contribution in [1.29, 1.82) is 0 Å². The molecule has 0 unspecified atom stereocenters. The first-order valence-corrected chi connectivity index (χ1v) is 4.36. The molecule has 1 rings (SSSR count). The van der Waals surface area contributed by atoms with Crippen LogP contribution in [0.2, 0.25) is 0 Å². The van der Waals surface area contributed by atoms with Gasteiger partial charge in [0.15, 0.2) is 0 Å². The van der Waals surface area contributed by atoms with Crippen LogP contribution < -0.4 is 5.73 Å². The molecule has 0 aliphatic heterocycles. The van der Waals surface area contributed by atoms with Gasteiger partial charge in [-0.3, -0.25) is 0 Å². The molecule has 3 nitrogen and oxygen atoms in total. The Labute approximate surface area is 84.5 Å². The Balaban J connectivity index is 3.31. The number of rotatable bonds is 3. The highest BCUT2D eigenvalue weighted by molar-refractivity contribution is 6.17. The van der Waals surface area contributed by atoms with Gasteiger partial charge >= 0.3 is 0 Å². The van der Waals surface area contributed by atoms with Crippen molar-refractivity contribution in [2.24, 2.45) is 0 Å². The normalized spacial score (nSPS) is 10.9. The molecule has 1 aromatic rings. The number of hydrogen-bond acceptors (Lipinski definition) is 3. The number of aliphatic hydroxyl groups excluding tert-OH is 1. The van der Waals surface area contributed by atoms with E-state index in [0.29, 0.717) is 0 Å². The topological polar surface area (TPSA) is 59.1 Å². The summed E-state index contributed by atoms with van der Waals surface area (Å²) >= 11 is 5.49. The van der Waals surface area contributed by atoms with Crippen LogP contribution in [-0.2, 0) is 12.5 Å². The summed E-state index contributed by atoms with van der Waals surface area (Å²) in [5, 5.41) is 8.90. The molecule has 0 amide bonds. The molecule has 0 spiro atoms. The monoisotopic (exact) mass is 222 g/mol. The SMILES string of the molecule is Nc1cc(C(F)F)c(CO)c(CCl)n1. The van der Waals surface area contributed by atoms with E-state index in [9.17, 15) is 8.78 Å². The zero-order valence-electron chi connectivity index (χ0n) is 7.17. The van der Waals surface area contributed by atoms with Crippen LogP contribution in [0.5, 0.6) is 0 Å². The first-order chi connectivity index (χ1) is 6.60. The lowest BCUT2D eigenvalue weighted by Gasteiger charge is -2.10. The van der Waals surface area contributed by atoms with Crippen molar-refractivity contribution >= 4 is 17.4 Å². The summed E-state index contributed by atoms with van der Waals surface area (Å²) < 4.78 is 24.9. The summed E-state index contributed by atoms with van der Waals surface area (Å²) in [4.78, 5) is 3.76. The van der Waals surface area contributed by atoms with Gasteiger partial charge in [0, 0.05) is 11.1 Å². The molecule has 0 aliphatic carbocycles. The van der Waals surface area contributed by atoms with Crippen LogP contribution in [0.1, 0.15) is 23.2 Å². The maximum atomic E-state index is 12.5. The quantitative estimate of drug-likeness (QED) is 0.768. The summed E-state index contributed by atoms with van der Waals surface area (Å²) in [5.74, 6) is -0.0751. The maximum absolute atomic E-state index is 12.5. The van der Waals surface area contributed by atoms with Crippen molar-refractivity contribution in [3.8, 4) is 0 Å². The summed E-state index contributed by atoms with van der Waals surface area (Å²) in [6, 6.07) is 1.05. The van der Waals surface area contributed by atoms with Gasteiger partial charge in [-0.2, -0.15) is 0 Å². The molecular weight excluding hydrogens is 214 g/mol. The Hall–Kier alpha value is -0.940. The molecule has 0 atom stereocenters. The highest BCUT2D eigenvalue weighted by Gasteiger charge is 2.17. The van der Waals surface area contributed by atoms with Gasteiger partial charge in [-0.15, -0.1) is 11.6 Å². The van der Waals surface area contributed by atoms with Crippen molar-refractivity contribution < 1.29 is 13.9 Å². The minimum atomic E-state index is -2.69. The molecule has 0 radical (unpaired) electrons. The summed E-state index contributed by atoms with van der Waals surface area (Å²) in [7, 11) is 0. The molecule has 0 aliphatic rings. The van der Waals surface area contributed by atoms with E-state index < -0.39 is 13.0 Å². The third-order valence-corrected chi connectivity index (χ3v) is 2.04. The minimum absolute atomic E-state index is 0.0202. The van der Waals surface area contributed by atoms with Crippen LogP contribution in [0.15, 0.2) is 6.07 Å². The highest BCUT2D eigenvalue weighted by atomic mass is 35.5. The molecule has 0 fully saturated rings. The zero-order valence-corrected chi connectivity index (χ0v) is 7.93. The van der Waals surface area contributed by atoms with Crippen LogP contribution in [-0.4, -0.2) is 10.1 Å². The van der Waals surface area contributed by atoms with E-state index in [0.717, 1.165) is 6.07 Å². The van der Waals surface area contributed by atoms with Crippen molar-refractivity contribution in [1.82, 2.24) is 4.98 Å². The van der Waals surface area contributed by atoms with E-state index in [1.54, 1.807) is 0 Å². The first-order valence-electron chi connectivity index (χ1n) is 3.83. The standard InChI is InChI=1S/C8H9ClF2N2O/c9-2-6-5(3-14)4(8(10)11)1-7(12)13-6/h1,8,14H,2-3H2,(H2,12,13). The number of anilines is 1. The van der Waals surface area contributed by atoms with Gasteiger partial charge < -0.3 is 10.8 Å². The lowest BCUT2D eigenvalue weighted by molar-refractivity contribution is 0.147. The second-order valence-corrected chi connectivity index (χ2v) is 2.92. The summed E-state index contributed by atoms with van der Waals surface area (Å²) in [6.07, 6.45) is -2.69. The van der Waals surface area contributed by atoms with Gasteiger partial charge in [0.25, 0.3) is 6.43 Å². The Morgan fingerprint density at radius 3 is 2.64 bits per heavy atom. The first kappa shape index (κ1) is 11.1. The molecule has 1 aromatic heterocycles. The van der Waals surface area contributed by atoms with E-state index in [4.69, 9.17) is 22.4 Å². The fourth-order valence-electron chi connectivity index (χ4n) is 1.16. The summed E-state index contributed by atoms with van der Waals surface area (Å²) in [6.45, 7) is -0.519. The second kappa shape index (κ2) is 4.52. The second-order valence-electron chi connectivity index (χ2n) is 2.65. The highest BCUT2D eigenvalue weighted by Crippen LogP contribution is 2.27. The van der Waals surface area contributed by atoms with E-state index in [1.165, 1.54) is 0 Å². The number of aromatic nitrogens is 1. The third kappa shape index (κ3) is 2.10. The number of halogens is 3. The van der Waals surface area contributed by atoms with E-state index >= 15 is 0 Å². The number of hydrogen-bond donors (Lipinski definition) is 2. The van der Waals surface area contributed by atoms with Gasteiger partial charge in [0.05, 0.1) is 18.2 Å². The average Bonchev–Trinajstić information content (AvgIpc) is 2.16. The average molecular weight is 223 g/mol. The van der Waals surface area contributed by atoms with E-state index in [-0.39, 0.29) is 28.5 Å². The van der Waals surface area contributed by atoms with Crippen LogP contribution in [0.4, 0.5) is 14.6 Å².